The zero-order valence-corrected chi connectivity index (χ0v) is 6.18. The maximum absolute atomic E-state index is 12.6. The number of rotatable bonds is 2. The van der Waals surface area contributed by atoms with Crippen LogP contribution in [0.25, 0.3) is 5.57 Å². The molecule has 0 aliphatic carbocycles. The normalized spacial score (nSPS) is 9.18. The van der Waals surface area contributed by atoms with Crippen LogP contribution in [0, 0.1) is 5.82 Å². The monoisotopic (exact) mass is 148 g/mol. The van der Waals surface area contributed by atoms with Crippen LogP contribution in [0.4, 0.5) is 4.39 Å². The lowest BCUT2D eigenvalue weighted by Gasteiger charge is -1.98. The van der Waals surface area contributed by atoms with E-state index in [0.717, 1.165) is 11.1 Å². The number of benzene rings is 1. The molecule has 56 valence electrons. The first-order chi connectivity index (χ1) is 5.24. The highest BCUT2D eigenvalue weighted by atomic mass is 19.1. The lowest BCUT2D eigenvalue weighted by Crippen LogP contribution is -1.79. The second-order valence-corrected chi connectivity index (χ2v) is 2.24. The Morgan fingerprint density at radius 3 is 2.73 bits per heavy atom. The number of hydrogen-bond acceptors (Lipinski definition) is 0. The molecule has 0 unspecified atom stereocenters. The smallest absolute Gasteiger partial charge is 0.123 e. The van der Waals surface area contributed by atoms with Gasteiger partial charge in [0.15, 0.2) is 0 Å². The summed E-state index contributed by atoms with van der Waals surface area (Å²) in [5, 5.41) is 0. The third kappa shape index (κ3) is 1.77. The molecule has 1 aromatic carbocycles. The van der Waals surface area contributed by atoms with Crippen molar-refractivity contribution in [2.45, 2.75) is 0 Å². The minimum Gasteiger partial charge on any atom is -0.207 e. The van der Waals surface area contributed by atoms with Crippen molar-refractivity contribution in [2.75, 3.05) is 0 Å². The molecule has 0 saturated carbocycles. The Bertz CT molecular complexity index is 287. The van der Waals surface area contributed by atoms with Crippen molar-refractivity contribution in [3.63, 3.8) is 0 Å². The van der Waals surface area contributed by atoms with E-state index in [1.165, 1.54) is 12.1 Å². The third-order valence-electron chi connectivity index (χ3n) is 1.44. The first-order valence-electron chi connectivity index (χ1n) is 3.31. The van der Waals surface area contributed by atoms with E-state index in [-0.39, 0.29) is 5.82 Å². The fourth-order valence-corrected chi connectivity index (χ4v) is 0.806. The maximum Gasteiger partial charge on any atom is 0.123 e. The van der Waals surface area contributed by atoms with Crippen LogP contribution in [-0.4, -0.2) is 0 Å². The van der Waals surface area contributed by atoms with Crippen molar-refractivity contribution in [1.82, 2.24) is 0 Å². The van der Waals surface area contributed by atoms with Crippen LogP contribution >= 0.6 is 0 Å². The molecule has 0 saturated heterocycles. The van der Waals surface area contributed by atoms with Gasteiger partial charge in [-0.05, 0) is 23.3 Å². The molecular weight excluding hydrogens is 139 g/mol. The molecule has 0 spiro atoms. The Balaban J connectivity index is 3.05. The Labute approximate surface area is 65.7 Å². The van der Waals surface area contributed by atoms with Crippen LogP contribution in [0.5, 0.6) is 0 Å². The zero-order valence-electron chi connectivity index (χ0n) is 6.18. The van der Waals surface area contributed by atoms with Crippen LogP contribution in [0.15, 0.2) is 43.5 Å². The van der Waals surface area contributed by atoms with Crippen molar-refractivity contribution in [3.8, 4) is 0 Å². The standard InChI is InChI=1S/C10H9F/c1-3-8(2)9-5-4-6-10(11)7-9/h3-7H,1-2H2. The van der Waals surface area contributed by atoms with E-state index < -0.39 is 0 Å². The number of allylic oxidation sites excluding steroid dienone is 2. The van der Waals surface area contributed by atoms with Crippen molar-refractivity contribution in [3.05, 3.63) is 54.9 Å². The molecule has 0 radical (unpaired) electrons. The third-order valence-corrected chi connectivity index (χ3v) is 1.44. The van der Waals surface area contributed by atoms with Gasteiger partial charge in [0.2, 0.25) is 0 Å². The molecule has 0 atom stereocenters. The SMILES string of the molecule is C=CC(=C)c1cccc(F)c1. The first-order valence-corrected chi connectivity index (χ1v) is 3.31. The second kappa shape index (κ2) is 3.15. The molecule has 0 bridgehead atoms. The van der Waals surface area contributed by atoms with Crippen molar-refractivity contribution >= 4 is 5.57 Å². The predicted molar refractivity (Wildman–Crippen MR) is 45.6 cm³/mol. The van der Waals surface area contributed by atoms with Gasteiger partial charge in [0.1, 0.15) is 5.82 Å². The molecule has 1 rings (SSSR count). The molecule has 0 amide bonds. The highest BCUT2D eigenvalue weighted by Gasteiger charge is 1.94. The Kier molecular flexibility index (Phi) is 2.21. The summed E-state index contributed by atoms with van der Waals surface area (Å²) in [7, 11) is 0. The molecular formula is C10H9F. The fourth-order valence-electron chi connectivity index (χ4n) is 0.806. The fraction of sp³-hybridized carbons (Fsp3) is 0. The van der Waals surface area contributed by atoms with E-state index in [9.17, 15) is 4.39 Å². The van der Waals surface area contributed by atoms with Gasteiger partial charge in [0.25, 0.3) is 0 Å². The van der Waals surface area contributed by atoms with Crippen LogP contribution in [0.2, 0.25) is 0 Å². The highest BCUT2D eigenvalue weighted by Crippen LogP contribution is 2.13. The first kappa shape index (κ1) is 7.73. The summed E-state index contributed by atoms with van der Waals surface area (Å²) in [6.45, 7) is 7.24. The van der Waals surface area contributed by atoms with Gasteiger partial charge in [-0.15, -0.1) is 0 Å². The summed E-state index contributed by atoms with van der Waals surface area (Å²) in [6.07, 6.45) is 1.61. The highest BCUT2D eigenvalue weighted by molar-refractivity contribution is 5.71. The van der Waals surface area contributed by atoms with E-state index >= 15 is 0 Å². The molecule has 0 aromatic heterocycles. The summed E-state index contributed by atoms with van der Waals surface area (Å²) in [6, 6.07) is 6.29. The van der Waals surface area contributed by atoms with Crippen LogP contribution in [-0.2, 0) is 0 Å². The van der Waals surface area contributed by atoms with E-state index in [0.29, 0.717) is 0 Å². The topological polar surface area (TPSA) is 0 Å². The van der Waals surface area contributed by atoms with E-state index in [4.69, 9.17) is 0 Å². The molecule has 0 aliphatic rings. The predicted octanol–water partition coefficient (Wildman–Crippen LogP) is 3.02. The summed E-state index contributed by atoms with van der Waals surface area (Å²) in [4.78, 5) is 0. The van der Waals surface area contributed by atoms with E-state index in [2.05, 4.69) is 13.2 Å². The van der Waals surface area contributed by atoms with Crippen LogP contribution < -0.4 is 0 Å². The van der Waals surface area contributed by atoms with E-state index in [1.807, 2.05) is 0 Å². The molecule has 0 N–H and O–H groups in total. The second-order valence-electron chi connectivity index (χ2n) is 2.24. The Morgan fingerprint density at radius 2 is 2.18 bits per heavy atom. The largest absolute Gasteiger partial charge is 0.207 e. The van der Waals surface area contributed by atoms with Gasteiger partial charge in [0, 0.05) is 0 Å². The van der Waals surface area contributed by atoms with Gasteiger partial charge in [-0.2, -0.15) is 0 Å². The lowest BCUT2D eigenvalue weighted by atomic mass is 10.1. The molecule has 1 aromatic rings. The van der Waals surface area contributed by atoms with Gasteiger partial charge in [-0.1, -0.05) is 31.4 Å². The molecule has 11 heavy (non-hydrogen) atoms. The van der Waals surface area contributed by atoms with Crippen molar-refractivity contribution in [2.24, 2.45) is 0 Å². The van der Waals surface area contributed by atoms with Crippen LogP contribution in [0.1, 0.15) is 5.56 Å². The lowest BCUT2D eigenvalue weighted by molar-refractivity contribution is 0.627. The van der Waals surface area contributed by atoms with Gasteiger partial charge in [-0.25, -0.2) is 4.39 Å². The molecule has 1 heteroatoms. The van der Waals surface area contributed by atoms with Gasteiger partial charge < -0.3 is 0 Å². The Hall–Kier alpha value is -1.37. The molecule has 0 aliphatic heterocycles. The summed E-state index contributed by atoms with van der Waals surface area (Å²) in [5.41, 5.74) is 1.52. The summed E-state index contributed by atoms with van der Waals surface area (Å²) < 4.78 is 12.6. The number of hydrogen-bond donors (Lipinski definition) is 0. The quantitative estimate of drug-likeness (QED) is 0.565. The van der Waals surface area contributed by atoms with Crippen molar-refractivity contribution in [1.29, 1.82) is 0 Å². The minimum atomic E-state index is -0.245. The van der Waals surface area contributed by atoms with E-state index in [1.54, 1.807) is 18.2 Å². The van der Waals surface area contributed by atoms with Crippen molar-refractivity contribution < 1.29 is 4.39 Å². The summed E-state index contributed by atoms with van der Waals surface area (Å²) >= 11 is 0. The average molecular weight is 148 g/mol. The summed E-state index contributed by atoms with van der Waals surface area (Å²) in [5.74, 6) is -0.245. The minimum absolute atomic E-state index is 0.245. The molecule has 0 fully saturated rings. The van der Waals surface area contributed by atoms with Gasteiger partial charge in [-0.3, -0.25) is 0 Å². The van der Waals surface area contributed by atoms with Gasteiger partial charge >= 0.3 is 0 Å². The average Bonchev–Trinajstić information content (AvgIpc) is 2.03. The maximum atomic E-state index is 12.6. The van der Waals surface area contributed by atoms with Crippen LogP contribution in [0.3, 0.4) is 0 Å². The molecule has 0 heterocycles. The molecule has 0 nitrogen and oxygen atoms in total. The zero-order chi connectivity index (χ0) is 8.27. The number of halogens is 1. The van der Waals surface area contributed by atoms with Gasteiger partial charge in [0.05, 0.1) is 0 Å². The Morgan fingerprint density at radius 1 is 1.45 bits per heavy atom.